The number of amides is 1. The van der Waals surface area contributed by atoms with Crippen LogP contribution in [0.25, 0.3) is 0 Å². The van der Waals surface area contributed by atoms with Gasteiger partial charge in [0.25, 0.3) is 5.91 Å². The zero-order valence-electron chi connectivity index (χ0n) is 16.9. The summed E-state index contributed by atoms with van der Waals surface area (Å²) in [5.41, 5.74) is 0.684. The van der Waals surface area contributed by atoms with E-state index in [1.54, 1.807) is 11.3 Å². The van der Waals surface area contributed by atoms with Gasteiger partial charge >= 0.3 is 0 Å². The maximum Gasteiger partial charge on any atom is 0.251 e. The van der Waals surface area contributed by atoms with Gasteiger partial charge in [0.15, 0.2) is 0 Å². The normalized spacial score (nSPS) is 16.3. The Morgan fingerprint density at radius 3 is 2.54 bits per heavy atom. The summed E-state index contributed by atoms with van der Waals surface area (Å²) in [5, 5.41) is 5.29. The fourth-order valence-corrected chi connectivity index (χ4v) is 4.49. The van der Waals surface area contributed by atoms with Gasteiger partial charge in [0.1, 0.15) is 5.75 Å². The van der Waals surface area contributed by atoms with E-state index in [0.717, 1.165) is 38.3 Å². The molecule has 1 saturated heterocycles. The van der Waals surface area contributed by atoms with E-state index in [4.69, 9.17) is 4.74 Å². The zero-order valence-corrected chi connectivity index (χ0v) is 17.7. The van der Waals surface area contributed by atoms with Crippen molar-refractivity contribution in [2.75, 3.05) is 26.2 Å². The molecule has 1 amide bonds. The standard InChI is InChI=1S/C23H32N2O2S/c1-2-3-16-27-20-12-10-19(11-13-20)23(26)24-18-21(22-9-8-17-28-22)25-14-6-4-5-7-15-25/h8-13,17,21H,2-7,14-16,18H2,1H3,(H,24,26)/t21-/m0/s1. The van der Waals surface area contributed by atoms with Crippen LogP contribution in [0.3, 0.4) is 0 Å². The van der Waals surface area contributed by atoms with E-state index in [1.807, 2.05) is 24.3 Å². The van der Waals surface area contributed by atoms with Crippen molar-refractivity contribution in [3.8, 4) is 5.75 Å². The van der Waals surface area contributed by atoms with E-state index in [9.17, 15) is 4.79 Å². The first-order valence-corrected chi connectivity index (χ1v) is 11.4. The van der Waals surface area contributed by atoms with E-state index in [2.05, 4.69) is 34.7 Å². The minimum atomic E-state index is -0.0171. The largest absolute Gasteiger partial charge is 0.494 e. The van der Waals surface area contributed by atoms with E-state index < -0.39 is 0 Å². The third-order valence-electron chi connectivity index (χ3n) is 5.29. The number of benzene rings is 1. The zero-order chi connectivity index (χ0) is 19.6. The van der Waals surface area contributed by atoms with Crippen molar-refractivity contribution in [2.45, 2.75) is 51.5 Å². The molecule has 1 aliphatic heterocycles. The SMILES string of the molecule is CCCCOc1ccc(C(=O)NC[C@@H](c2cccs2)N2CCCCCC2)cc1. The monoisotopic (exact) mass is 400 g/mol. The van der Waals surface area contributed by atoms with Gasteiger partial charge in [-0.05, 0) is 68.1 Å². The molecule has 0 unspecified atom stereocenters. The van der Waals surface area contributed by atoms with Crippen molar-refractivity contribution in [3.63, 3.8) is 0 Å². The summed E-state index contributed by atoms with van der Waals surface area (Å²) < 4.78 is 5.68. The van der Waals surface area contributed by atoms with Crippen molar-refractivity contribution in [2.24, 2.45) is 0 Å². The molecule has 28 heavy (non-hydrogen) atoms. The second-order valence-corrected chi connectivity index (χ2v) is 8.40. The lowest BCUT2D eigenvalue weighted by Crippen LogP contribution is -2.38. The van der Waals surface area contributed by atoms with Gasteiger partial charge in [-0.3, -0.25) is 9.69 Å². The molecule has 0 saturated carbocycles. The fourth-order valence-electron chi connectivity index (χ4n) is 3.63. The van der Waals surface area contributed by atoms with Crippen LogP contribution < -0.4 is 10.1 Å². The van der Waals surface area contributed by atoms with Gasteiger partial charge in [-0.2, -0.15) is 0 Å². The molecule has 5 heteroatoms. The van der Waals surface area contributed by atoms with Gasteiger partial charge < -0.3 is 10.1 Å². The smallest absolute Gasteiger partial charge is 0.251 e. The first-order valence-electron chi connectivity index (χ1n) is 10.6. The molecule has 1 aliphatic rings. The number of unbranched alkanes of at least 4 members (excludes halogenated alkanes) is 1. The van der Waals surface area contributed by atoms with E-state index in [1.165, 1.54) is 30.6 Å². The molecule has 1 aromatic carbocycles. The van der Waals surface area contributed by atoms with Crippen LogP contribution in [0.2, 0.25) is 0 Å². The second kappa shape index (κ2) is 11.2. The van der Waals surface area contributed by atoms with Gasteiger partial charge in [0, 0.05) is 17.0 Å². The van der Waals surface area contributed by atoms with Crippen molar-refractivity contribution in [3.05, 3.63) is 52.2 Å². The van der Waals surface area contributed by atoms with Crippen molar-refractivity contribution >= 4 is 17.2 Å². The highest BCUT2D eigenvalue weighted by molar-refractivity contribution is 7.10. The van der Waals surface area contributed by atoms with Crippen molar-refractivity contribution in [1.82, 2.24) is 10.2 Å². The molecule has 1 N–H and O–H groups in total. The van der Waals surface area contributed by atoms with Gasteiger partial charge in [0.2, 0.25) is 0 Å². The van der Waals surface area contributed by atoms with Crippen LogP contribution in [0.15, 0.2) is 41.8 Å². The maximum atomic E-state index is 12.7. The predicted octanol–water partition coefficient (Wildman–Crippen LogP) is 5.27. The molecule has 0 bridgehead atoms. The molecule has 2 aromatic rings. The molecule has 3 rings (SSSR count). The van der Waals surface area contributed by atoms with E-state index >= 15 is 0 Å². The Bertz CT molecular complexity index is 692. The highest BCUT2D eigenvalue weighted by Crippen LogP contribution is 2.27. The molecule has 2 heterocycles. The van der Waals surface area contributed by atoms with Gasteiger partial charge in [0.05, 0.1) is 12.6 Å². The molecule has 0 radical (unpaired) electrons. The van der Waals surface area contributed by atoms with Crippen LogP contribution in [0.5, 0.6) is 5.75 Å². The topological polar surface area (TPSA) is 41.6 Å². The molecule has 0 spiro atoms. The van der Waals surface area contributed by atoms with Crippen LogP contribution in [-0.4, -0.2) is 37.0 Å². The first kappa shape index (κ1) is 20.9. The van der Waals surface area contributed by atoms with Crippen LogP contribution in [0, 0.1) is 0 Å². The first-order chi connectivity index (χ1) is 13.8. The fraction of sp³-hybridized carbons (Fsp3) is 0.522. The number of carbonyl (C=O) groups is 1. The predicted molar refractivity (Wildman–Crippen MR) is 116 cm³/mol. The summed E-state index contributed by atoms with van der Waals surface area (Å²) in [6.45, 7) is 5.74. The average molecular weight is 401 g/mol. The molecule has 152 valence electrons. The molecular weight excluding hydrogens is 368 g/mol. The number of hydrogen-bond donors (Lipinski definition) is 1. The Balaban J connectivity index is 1.58. The number of hydrogen-bond acceptors (Lipinski definition) is 4. The van der Waals surface area contributed by atoms with Crippen LogP contribution in [0.4, 0.5) is 0 Å². The molecule has 1 atom stereocenters. The third kappa shape index (κ3) is 6.08. The lowest BCUT2D eigenvalue weighted by Gasteiger charge is -2.30. The number of thiophene rings is 1. The molecule has 1 aromatic heterocycles. The summed E-state index contributed by atoms with van der Waals surface area (Å²) in [5.74, 6) is 0.808. The lowest BCUT2D eigenvalue weighted by molar-refractivity contribution is 0.0934. The number of ether oxygens (including phenoxy) is 1. The summed E-state index contributed by atoms with van der Waals surface area (Å²) >= 11 is 1.78. The van der Waals surface area contributed by atoms with Crippen molar-refractivity contribution in [1.29, 1.82) is 0 Å². The molecule has 1 fully saturated rings. The van der Waals surface area contributed by atoms with Gasteiger partial charge in [-0.1, -0.05) is 32.3 Å². The summed E-state index contributed by atoms with van der Waals surface area (Å²) in [6, 6.07) is 12.0. The van der Waals surface area contributed by atoms with Crippen LogP contribution in [0.1, 0.15) is 66.7 Å². The molecular formula is C23H32N2O2S. The second-order valence-electron chi connectivity index (χ2n) is 7.42. The van der Waals surface area contributed by atoms with Crippen LogP contribution in [-0.2, 0) is 0 Å². The maximum absolute atomic E-state index is 12.7. The molecule has 0 aliphatic carbocycles. The van der Waals surface area contributed by atoms with Gasteiger partial charge in [-0.15, -0.1) is 11.3 Å². The number of nitrogens with zero attached hydrogens (tertiary/aromatic N) is 1. The van der Waals surface area contributed by atoms with E-state index in [0.29, 0.717) is 12.1 Å². The van der Waals surface area contributed by atoms with Crippen molar-refractivity contribution < 1.29 is 9.53 Å². The number of nitrogens with one attached hydrogen (secondary N) is 1. The Morgan fingerprint density at radius 1 is 1.14 bits per heavy atom. The summed E-state index contributed by atoms with van der Waals surface area (Å²) in [7, 11) is 0. The third-order valence-corrected chi connectivity index (χ3v) is 6.27. The Kier molecular flexibility index (Phi) is 8.37. The molecule has 4 nitrogen and oxygen atoms in total. The Hall–Kier alpha value is -1.85. The summed E-state index contributed by atoms with van der Waals surface area (Å²) in [4.78, 5) is 16.6. The Morgan fingerprint density at radius 2 is 1.89 bits per heavy atom. The average Bonchev–Trinajstić information content (AvgIpc) is 3.11. The number of rotatable bonds is 9. The van der Waals surface area contributed by atoms with Crippen LogP contribution >= 0.6 is 11.3 Å². The lowest BCUT2D eigenvalue weighted by atomic mass is 10.1. The minimum Gasteiger partial charge on any atom is -0.494 e. The van der Waals surface area contributed by atoms with E-state index in [-0.39, 0.29) is 11.9 Å². The Labute approximate surface area is 172 Å². The number of likely N-dealkylation sites (tertiary alicyclic amines) is 1. The highest BCUT2D eigenvalue weighted by Gasteiger charge is 2.23. The van der Waals surface area contributed by atoms with Gasteiger partial charge in [-0.25, -0.2) is 0 Å². The quantitative estimate of drug-likeness (QED) is 0.583. The number of carbonyl (C=O) groups excluding carboxylic acids is 1. The highest BCUT2D eigenvalue weighted by atomic mass is 32.1. The summed E-state index contributed by atoms with van der Waals surface area (Å²) in [6.07, 6.45) is 7.27. The minimum absolute atomic E-state index is 0.0171.